The summed E-state index contributed by atoms with van der Waals surface area (Å²) in [7, 11) is 0. The third-order valence-corrected chi connectivity index (χ3v) is 6.76. The second kappa shape index (κ2) is 17.3. The SMILES string of the molecule is C[C@@H](NC(=O)[C@H](Cc1ccc(OCc2ccccc2)cc1)NC(=O)OC(C)(C)C)C(=O)NCC(=O)N[C@@H](Cc1ccccc1)C(N)=O. The molecule has 250 valence electrons. The molecule has 12 nitrogen and oxygen atoms in total. The maximum absolute atomic E-state index is 13.3. The van der Waals surface area contributed by atoms with E-state index in [9.17, 15) is 24.0 Å². The third-order valence-electron chi connectivity index (χ3n) is 6.76. The number of ether oxygens (including phenoxy) is 2. The molecule has 0 aliphatic carbocycles. The molecule has 3 aromatic rings. The van der Waals surface area contributed by atoms with Gasteiger partial charge in [0.1, 0.15) is 36.1 Å². The fraction of sp³-hybridized carbons (Fsp3) is 0.343. The molecule has 0 saturated heterocycles. The molecule has 0 heterocycles. The van der Waals surface area contributed by atoms with Gasteiger partial charge in [-0.05, 0) is 56.5 Å². The topological polar surface area (TPSA) is 178 Å². The van der Waals surface area contributed by atoms with Crippen molar-refractivity contribution in [2.24, 2.45) is 5.73 Å². The molecule has 0 bridgehead atoms. The van der Waals surface area contributed by atoms with E-state index in [1.54, 1.807) is 69.3 Å². The lowest BCUT2D eigenvalue weighted by molar-refractivity contribution is -0.131. The van der Waals surface area contributed by atoms with Gasteiger partial charge in [0.2, 0.25) is 23.6 Å². The fourth-order valence-electron chi connectivity index (χ4n) is 4.38. The first-order chi connectivity index (χ1) is 22.3. The first-order valence-corrected chi connectivity index (χ1v) is 15.2. The van der Waals surface area contributed by atoms with Crippen LogP contribution in [-0.4, -0.2) is 60.0 Å². The van der Waals surface area contributed by atoms with Gasteiger partial charge in [0.05, 0.1) is 6.54 Å². The van der Waals surface area contributed by atoms with E-state index in [0.717, 1.165) is 16.7 Å². The van der Waals surface area contributed by atoms with Crippen molar-refractivity contribution in [2.45, 2.75) is 70.9 Å². The van der Waals surface area contributed by atoms with Crippen LogP contribution >= 0.6 is 0 Å². The predicted molar refractivity (Wildman–Crippen MR) is 176 cm³/mol. The highest BCUT2D eigenvalue weighted by atomic mass is 16.6. The van der Waals surface area contributed by atoms with Crippen LogP contribution in [0.1, 0.15) is 44.4 Å². The molecule has 0 aromatic heterocycles. The molecule has 6 N–H and O–H groups in total. The van der Waals surface area contributed by atoms with Gasteiger partial charge in [-0.25, -0.2) is 4.79 Å². The molecule has 0 saturated carbocycles. The van der Waals surface area contributed by atoms with E-state index < -0.39 is 60.0 Å². The Kier molecular flexibility index (Phi) is 13.3. The monoisotopic (exact) mass is 645 g/mol. The van der Waals surface area contributed by atoms with Crippen LogP contribution < -0.4 is 31.7 Å². The molecule has 0 aliphatic heterocycles. The second-order valence-electron chi connectivity index (χ2n) is 12.0. The number of alkyl carbamates (subject to hydrolysis) is 1. The number of hydrogen-bond donors (Lipinski definition) is 5. The van der Waals surface area contributed by atoms with Gasteiger partial charge in [0.25, 0.3) is 0 Å². The zero-order valence-electron chi connectivity index (χ0n) is 27.1. The maximum Gasteiger partial charge on any atom is 0.408 e. The number of primary amides is 1. The molecule has 0 radical (unpaired) electrons. The lowest BCUT2D eigenvalue weighted by Gasteiger charge is -2.24. The lowest BCUT2D eigenvalue weighted by Crippen LogP contribution is -2.55. The molecule has 3 rings (SSSR count). The minimum Gasteiger partial charge on any atom is -0.489 e. The summed E-state index contributed by atoms with van der Waals surface area (Å²) >= 11 is 0. The molecule has 0 unspecified atom stereocenters. The molecule has 0 aliphatic rings. The zero-order valence-corrected chi connectivity index (χ0v) is 27.1. The summed E-state index contributed by atoms with van der Waals surface area (Å²) in [5.74, 6) is -1.99. The van der Waals surface area contributed by atoms with E-state index in [0.29, 0.717) is 12.4 Å². The number of benzene rings is 3. The Bertz CT molecular complexity index is 1490. The summed E-state index contributed by atoms with van der Waals surface area (Å²) in [5, 5.41) is 10.1. The molecule has 12 heteroatoms. The van der Waals surface area contributed by atoms with E-state index in [2.05, 4.69) is 21.3 Å². The largest absolute Gasteiger partial charge is 0.489 e. The van der Waals surface area contributed by atoms with Crippen molar-refractivity contribution in [1.29, 1.82) is 0 Å². The van der Waals surface area contributed by atoms with E-state index in [-0.39, 0.29) is 12.8 Å². The highest BCUT2D eigenvalue weighted by Crippen LogP contribution is 2.16. The molecular formula is C35H43N5O7. The first-order valence-electron chi connectivity index (χ1n) is 15.2. The molecule has 0 fully saturated rings. The number of carbonyl (C=O) groups excluding carboxylic acids is 5. The molecule has 3 atom stereocenters. The molecule has 47 heavy (non-hydrogen) atoms. The smallest absolute Gasteiger partial charge is 0.408 e. The Hall–Kier alpha value is -5.39. The minimum absolute atomic E-state index is 0.0940. The number of carbonyl (C=O) groups is 5. The van der Waals surface area contributed by atoms with Crippen molar-refractivity contribution in [1.82, 2.24) is 21.3 Å². The van der Waals surface area contributed by atoms with Crippen molar-refractivity contribution < 1.29 is 33.4 Å². The van der Waals surface area contributed by atoms with E-state index >= 15 is 0 Å². The summed E-state index contributed by atoms with van der Waals surface area (Å²) < 4.78 is 11.2. The number of amides is 5. The van der Waals surface area contributed by atoms with Crippen LogP contribution in [0.4, 0.5) is 4.79 Å². The Morgan fingerprint density at radius 1 is 0.702 bits per heavy atom. The van der Waals surface area contributed by atoms with Crippen LogP contribution in [0.5, 0.6) is 5.75 Å². The van der Waals surface area contributed by atoms with Crippen molar-refractivity contribution in [3.63, 3.8) is 0 Å². The van der Waals surface area contributed by atoms with Crippen LogP contribution in [0.2, 0.25) is 0 Å². The van der Waals surface area contributed by atoms with Crippen molar-refractivity contribution in [3.8, 4) is 5.75 Å². The lowest BCUT2D eigenvalue weighted by atomic mass is 10.0. The third kappa shape index (κ3) is 13.2. The van der Waals surface area contributed by atoms with Gasteiger partial charge in [-0.1, -0.05) is 72.8 Å². The van der Waals surface area contributed by atoms with Gasteiger partial charge in [-0.2, -0.15) is 0 Å². The van der Waals surface area contributed by atoms with Crippen LogP contribution in [0.25, 0.3) is 0 Å². The second-order valence-corrected chi connectivity index (χ2v) is 12.0. The van der Waals surface area contributed by atoms with Crippen molar-refractivity contribution in [3.05, 3.63) is 102 Å². The Morgan fingerprint density at radius 3 is 1.83 bits per heavy atom. The van der Waals surface area contributed by atoms with Crippen molar-refractivity contribution >= 4 is 29.7 Å². The Balaban J connectivity index is 1.57. The molecular weight excluding hydrogens is 602 g/mol. The molecule has 0 spiro atoms. The number of nitrogens with two attached hydrogens (primary N) is 1. The van der Waals surface area contributed by atoms with Gasteiger partial charge >= 0.3 is 6.09 Å². The van der Waals surface area contributed by atoms with E-state index in [1.807, 2.05) is 36.4 Å². The van der Waals surface area contributed by atoms with Gasteiger partial charge in [-0.3, -0.25) is 19.2 Å². The summed E-state index contributed by atoms with van der Waals surface area (Å²) in [6.45, 7) is 6.49. The van der Waals surface area contributed by atoms with Crippen molar-refractivity contribution in [2.75, 3.05) is 6.54 Å². The predicted octanol–water partition coefficient (Wildman–Crippen LogP) is 2.54. The highest BCUT2D eigenvalue weighted by Gasteiger charge is 2.27. The number of nitrogens with one attached hydrogen (secondary N) is 4. The highest BCUT2D eigenvalue weighted by molar-refractivity contribution is 5.93. The van der Waals surface area contributed by atoms with Gasteiger partial charge in [-0.15, -0.1) is 0 Å². The summed E-state index contributed by atoms with van der Waals surface area (Å²) in [5.41, 5.74) is 7.20. The fourth-order valence-corrected chi connectivity index (χ4v) is 4.38. The maximum atomic E-state index is 13.3. The van der Waals surface area contributed by atoms with Gasteiger partial charge in [0.15, 0.2) is 0 Å². The summed E-state index contributed by atoms with van der Waals surface area (Å²) in [6.07, 6.45) is -0.511. The zero-order chi connectivity index (χ0) is 34.4. The standard InChI is InChI=1S/C35H43N5O7/c1-23(32(43)37-21-30(41)39-28(31(36)42)19-24-11-7-5-8-12-24)38-33(44)29(40-34(45)47-35(2,3)4)20-25-15-17-27(18-16-25)46-22-26-13-9-6-10-14-26/h5-18,23,28-29H,19-22H2,1-4H3,(H2,36,42)(H,37,43)(H,38,44)(H,39,41)(H,40,45)/t23-,28+,29+/m1/s1. The van der Waals surface area contributed by atoms with Crippen LogP contribution in [0.3, 0.4) is 0 Å². The van der Waals surface area contributed by atoms with Gasteiger partial charge < -0.3 is 36.5 Å². The normalized spacial score (nSPS) is 12.9. The van der Waals surface area contributed by atoms with E-state index in [1.165, 1.54) is 6.92 Å². The van der Waals surface area contributed by atoms with Crippen LogP contribution in [0, 0.1) is 0 Å². The average molecular weight is 646 g/mol. The van der Waals surface area contributed by atoms with Gasteiger partial charge in [0, 0.05) is 12.8 Å². The first kappa shape index (κ1) is 36.1. The average Bonchev–Trinajstić information content (AvgIpc) is 3.02. The molecule has 3 aromatic carbocycles. The van der Waals surface area contributed by atoms with Crippen LogP contribution in [0.15, 0.2) is 84.9 Å². The summed E-state index contributed by atoms with van der Waals surface area (Å²) in [4.78, 5) is 63.0. The van der Waals surface area contributed by atoms with E-state index in [4.69, 9.17) is 15.2 Å². The van der Waals surface area contributed by atoms with Crippen LogP contribution in [-0.2, 0) is 43.4 Å². The number of hydrogen-bond acceptors (Lipinski definition) is 7. The quantitative estimate of drug-likeness (QED) is 0.169. The Morgan fingerprint density at radius 2 is 1.26 bits per heavy atom. The number of rotatable bonds is 15. The molecule has 5 amide bonds. The minimum atomic E-state index is -1.09. The summed E-state index contributed by atoms with van der Waals surface area (Å²) in [6, 6.07) is 22.7. The Labute approximate surface area is 274 Å².